The molecule has 0 aliphatic heterocycles. The van der Waals surface area contributed by atoms with Crippen LogP contribution >= 0.6 is 0 Å². The number of aromatic nitrogens is 3. The first-order chi connectivity index (χ1) is 17.2. The van der Waals surface area contributed by atoms with Crippen molar-refractivity contribution in [2.45, 2.75) is 25.7 Å². The molecule has 0 atom stereocenters. The molecule has 0 aliphatic carbocycles. The van der Waals surface area contributed by atoms with E-state index in [0.29, 0.717) is 17.5 Å². The molecular formula is C25H20F3N3O5. The second-order valence-electron chi connectivity index (χ2n) is 7.78. The Balaban J connectivity index is 1.51. The molecule has 8 nitrogen and oxygen atoms in total. The lowest BCUT2D eigenvalue weighted by atomic mass is 10.1. The van der Waals surface area contributed by atoms with Crippen LogP contribution < -0.4 is 10.3 Å². The predicted molar refractivity (Wildman–Crippen MR) is 122 cm³/mol. The molecule has 0 unspecified atom stereocenters. The average Bonchev–Trinajstić information content (AvgIpc) is 3.34. The molecule has 0 saturated carbocycles. The second kappa shape index (κ2) is 10.5. The minimum atomic E-state index is -4.78. The van der Waals surface area contributed by atoms with E-state index in [0.717, 1.165) is 23.3 Å². The maximum absolute atomic E-state index is 12.4. The van der Waals surface area contributed by atoms with Gasteiger partial charge in [-0.05, 0) is 47.9 Å². The Morgan fingerprint density at radius 2 is 1.75 bits per heavy atom. The van der Waals surface area contributed by atoms with E-state index in [-0.39, 0.29) is 42.0 Å². The van der Waals surface area contributed by atoms with E-state index < -0.39 is 6.36 Å². The Bertz CT molecular complexity index is 1410. The van der Waals surface area contributed by atoms with Gasteiger partial charge in [0, 0.05) is 24.2 Å². The van der Waals surface area contributed by atoms with Crippen LogP contribution in [0.25, 0.3) is 22.8 Å². The molecule has 186 valence electrons. The molecule has 11 heteroatoms. The van der Waals surface area contributed by atoms with Gasteiger partial charge < -0.3 is 18.6 Å². The Morgan fingerprint density at radius 1 is 1.03 bits per heavy atom. The quantitative estimate of drug-likeness (QED) is 0.327. The van der Waals surface area contributed by atoms with Crippen LogP contribution in [0.5, 0.6) is 5.75 Å². The highest BCUT2D eigenvalue weighted by molar-refractivity contribution is 5.69. The van der Waals surface area contributed by atoms with Gasteiger partial charge in [0.1, 0.15) is 5.75 Å². The highest BCUT2D eigenvalue weighted by atomic mass is 19.4. The highest BCUT2D eigenvalue weighted by Crippen LogP contribution is 2.26. The molecule has 0 amide bonds. The molecular weight excluding hydrogens is 479 g/mol. The van der Waals surface area contributed by atoms with Crippen LogP contribution in [0.4, 0.5) is 13.2 Å². The predicted octanol–water partition coefficient (Wildman–Crippen LogP) is 4.62. The van der Waals surface area contributed by atoms with Crippen molar-refractivity contribution < 1.29 is 32.0 Å². The smallest absolute Gasteiger partial charge is 0.469 e. The Kier molecular flexibility index (Phi) is 7.18. The molecule has 36 heavy (non-hydrogen) atoms. The Morgan fingerprint density at radius 3 is 2.47 bits per heavy atom. The number of esters is 1. The van der Waals surface area contributed by atoms with Gasteiger partial charge in [-0.25, -0.2) is 0 Å². The van der Waals surface area contributed by atoms with E-state index in [1.54, 1.807) is 12.3 Å². The van der Waals surface area contributed by atoms with Crippen molar-refractivity contribution >= 4 is 5.97 Å². The van der Waals surface area contributed by atoms with Crippen molar-refractivity contribution in [2.24, 2.45) is 0 Å². The lowest BCUT2D eigenvalue weighted by molar-refractivity contribution is -0.274. The number of halogens is 3. The van der Waals surface area contributed by atoms with Crippen LogP contribution in [0.2, 0.25) is 0 Å². The summed E-state index contributed by atoms with van der Waals surface area (Å²) in [7, 11) is 1.34. The fourth-order valence-electron chi connectivity index (χ4n) is 3.47. The standard InChI is InChI=1S/C25H20F3N3O5/c1-34-22(33)12-5-16-3-2-4-17(13-16)14-31-15-19(8-11-21(31)32)24-29-23(30-36-24)18-6-9-20(10-7-18)35-25(26,27)28/h2-4,6-11,13,15H,5,12,14H2,1H3. The summed E-state index contributed by atoms with van der Waals surface area (Å²) in [6.07, 6.45) is -2.42. The number of hydrogen-bond donors (Lipinski definition) is 0. The first-order valence-corrected chi connectivity index (χ1v) is 10.8. The lowest BCUT2D eigenvalue weighted by Crippen LogP contribution is -2.19. The number of hydrogen-bond acceptors (Lipinski definition) is 7. The van der Waals surface area contributed by atoms with Gasteiger partial charge in [-0.3, -0.25) is 9.59 Å². The molecule has 0 aliphatic rings. The number of nitrogens with zero attached hydrogens (tertiary/aromatic N) is 3. The third kappa shape index (κ3) is 6.38. The number of carbonyl (C=O) groups excluding carboxylic acids is 1. The van der Waals surface area contributed by atoms with Crippen LogP contribution in [0.1, 0.15) is 17.5 Å². The lowest BCUT2D eigenvalue weighted by Gasteiger charge is -2.09. The average molecular weight is 499 g/mol. The molecule has 0 saturated heterocycles. The molecule has 0 N–H and O–H groups in total. The van der Waals surface area contributed by atoms with Crippen molar-refractivity contribution in [3.05, 3.63) is 88.3 Å². The maximum atomic E-state index is 12.4. The van der Waals surface area contributed by atoms with Gasteiger partial charge in [0.15, 0.2) is 0 Å². The minimum absolute atomic E-state index is 0.140. The number of ether oxygens (including phenoxy) is 2. The van der Waals surface area contributed by atoms with Gasteiger partial charge in [-0.15, -0.1) is 13.2 Å². The SMILES string of the molecule is COC(=O)CCc1cccc(Cn2cc(-c3nc(-c4ccc(OC(F)(F)F)cc4)no3)ccc2=O)c1. The van der Waals surface area contributed by atoms with Crippen molar-refractivity contribution in [3.8, 4) is 28.6 Å². The summed E-state index contributed by atoms with van der Waals surface area (Å²) >= 11 is 0. The fraction of sp³-hybridized carbons (Fsp3) is 0.200. The van der Waals surface area contributed by atoms with Gasteiger partial charge in [-0.1, -0.05) is 29.4 Å². The summed E-state index contributed by atoms with van der Waals surface area (Å²) in [5.74, 6) is -0.356. The molecule has 0 radical (unpaired) electrons. The highest BCUT2D eigenvalue weighted by Gasteiger charge is 2.31. The molecule has 4 aromatic rings. The van der Waals surface area contributed by atoms with Crippen LogP contribution in [0.15, 0.2) is 76.2 Å². The van der Waals surface area contributed by atoms with E-state index >= 15 is 0 Å². The summed E-state index contributed by atoms with van der Waals surface area (Å²) in [5, 5.41) is 3.88. The molecule has 0 fully saturated rings. The zero-order chi connectivity index (χ0) is 25.7. The van der Waals surface area contributed by atoms with Gasteiger partial charge in [0.25, 0.3) is 11.4 Å². The summed E-state index contributed by atoms with van der Waals surface area (Å²) in [6, 6.07) is 15.5. The molecule has 2 aromatic heterocycles. The second-order valence-corrected chi connectivity index (χ2v) is 7.78. The summed E-state index contributed by atoms with van der Waals surface area (Å²) in [6.45, 7) is 0.278. The normalized spacial score (nSPS) is 11.3. The van der Waals surface area contributed by atoms with Gasteiger partial charge in [-0.2, -0.15) is 4.98 Å². The fourth-order valence-corrected chi connectivity index (χ4v) is 3.47. The van der Waals surface area contributed by atoms with Crippen LogP contribution in [0, 0.1) is 0 Å². The summed E-state index contributed by atoms with van der Waals surface area (Å²) in [5.41, 5.74) is 2.49. The number of benzene rings is 2. The van der Waals surface area contributed by atoms with E-state index in [9.17, 15) is 22.8 Å². The molecule has 2 heterocycles. The molecule has 4 rings (SSSR count). The van der Waals surface area contributed by atoms with Gasteiger partial charge >= 0.3 is 12.3 Å². The number of alkyl halides is 3. The zero-order valence-electron chi connectivity index (χ0n) is 19.0. The number of carbonyl (C=O) groups is 1. The topological polar surface area (TPSA) is 96.5 Å². The number of aryl methyl sites for hydroxylation is 1. The van der Waals surface area contributed by atoms with Crippen molar-refractivity contribution in [1.82, 2.24) is 14.7 Å². The Hall–Kier alpha value is -4.41. The third-order valence-electron chi connectivity index (χ3n) is 5.19. The van der Waals surface area contributed by atoms with Crippen LogP contribution in [0.3, 0.4) is 0 Å². The summed E-state index contributed by atoms with van der Waals surface area (Å²) in [4.78, 5) is 28.1. The number of methoxy groups -OCH3 is 1. The zero-order valence-corrected chi connectivity index (χ0v) is 19.0. The van der Waals surface area contributed by atoms with Gasteiger partial charge in [0.05, 0.1) is 19.2 Å². The van der Waals surface area contributed by atoms with E-state index in [1.807, 2.05) is 24.3 Å². The number of pyridine rings is 1. The first-order valence-electron chi connectivity index (χ1n) is 10.8. The van der Waals surface area contributed by atoms with E-state index in [2.05, 4.69) is 19.6 Å². The minimum Gasteiger partial charge on any atom is -0.469 e. The van der Waals surface area contributed by atoms with E-state index in [4.69, 9.17) is 4.52 Å². The molecule has 0 bridgehead atoms. The third-order valence-corrected chi connectivity index (χ3v) is 5.19. The van der Waals surface area contributed by atoms with Crippen LogP contribution in [-0.4, -0.2) is 34.1 Å². The monoisotopic (exact) mass is 499 g/mol. The largest absolute Gasteiger partial charge is 0.573 e. The first kappa shape index (κ1) is 24.7. The van der Waals surface area contributed by atoms with Crippen molar-refractivity contribution in [3.63, 3.8) is 0 Å². The van der Waals surface area contributed by atoms with Gasteiger partial charge in [0.2, 0.25) is 5.82 Å². The van der Waals surface area contributed by atoms with Crippen molar-refractivity contribution in [2.75, 3.05) is 7.11 Å². The van der Waals surface area contributed by atoms with E-state index in [1.165, 1.54) is 29.9 Å². The maximum Gasteiger partial charge on any atom is 0.573 e. The molecule has 2 aromatic carbocycles. The number of rotatable bonds is 8. The summed E-state index contributed by atoms with van der Waals surface area (Å²) < 4.78 is 52.4. The Labute approximate surface area is 202 Å². The molecule has 0 spiro atoms. The van der Waals surface area contributed by atoms with Crippen molar-refractivity contribution in [1.29, 1.82) is 0 Å². The van der Waals surface area contributed by atoms with Crippen LogP contribution in [-0.2, 0) is 22.5 Å².